The summed E-state index contributed by atoms with van der Waals surface area (Å²) in [6.07, 6.45) is 1.65. The summed E-state index contributed by atoms with van der Waals surface area (Å²) in [5.74, 6) is 0.788. The van der Waals surface area contributed by atoms with E-state index in [4.69, 9.17) is 10.5 Å². The smallest absolute Gasteiger partial charge is 0.145 e. The van der Waals surface area contributed by atoms with Gasteiger partial charge in [-0.1, -0.05) is 12.1 Å². The molecule has 0 radical (unpaired) electrons. The van der Waals surface area contributed by atoms with E-state index in [2.05, 4.69) is 10.3 Å². The van der Waals surface area contributed by atoms with Crippen molar-refractivity contribution in [3.8, 4) is 5.75 Å². The van der Waals surface area contributed by atoms with Crippen LogP contribution in [0.3, 0.4) is 0 Å². The van der Waals surface area contributed by atoms with Crippen LogP contribution in [0.5, 0.6) is 5.75 Å². The summed E-state index contributed by atoms with van der Waals surface area (Å²) < 4.78 is 5.53. The van der Waals surface area contributed by atoms with Crippen molar-refractivity contribution in [3.05, 3.63) is 24.4 Å². The molecule has 0 amide bonds. The molecule has 0 bridgehead atoms. The lowest BCUT2D eigenvalue weighted by Crippen LogP contribution is -2.00. The van der Waals surface area contributed by atoms with Crippen LogP contribution in [0.4, 0.5) is 11.4 Å². The van der Waals surface area contributed by atoms with Gasteiger partial charge in [0, 0.05) is 12.4 Å². The van der Waals surface area contributed by atoms with Crippen molar-refractivity contribution in [2.45, 2.75) is 6.92 Å². The minimum absolute atomic E-state index is 0.625. The Morgan fingerprint density at radius 3 is 2.94 bits per heavy atom. The van der Waals surface area contributed by atoms with Crippen LogP contribution in [0.25, 0.3) is 10.9 Å². The number of para-hydroxylation sites is 1. The zero-order valence-corrected chi connectivity index (χ0v) is 9.45. The number of aromatic nitrogens is 1. The van der Waals surface area contributed by atoms with Crippen molar-refractivity contribution >= 4 is 22.3 Å². The van der Waals surface area contributed by atoms with Crippen molar-refractivity contribution in [2.75, 3.05) is 24.7 Å². The molecular weight excluding hydrogens is 202 g/mol. The number of hydrogen-bond donors (Lipinski definition) is 2. The first kappa shape index (κ1) is 10.5. The lowest BCUT2D eigenvalue weighted by atomic mass is 10.1. The molecule has 2 aromatic rings. The molecule has 0 atom stereocenters. The Morgan fingerprint density at radius 1 is 1.44 bits per heavy atom. The van der Waals surface area contributed by atoms with Gasteiger partial charge in [0.05, 0.1) is 24.2 Å². The number of nitrogens with zero attached hydrogens (tertiary/aromatic N) is 1. The van der Waals surface area contributed by atoms with E-state index in [-0.39, 0.29) is 0 Å². The van der Waals surface area contributed by atoms with E-state index in [0.29, 0.717) is 12.3 Å². The molecule has 0 aliphatic carbocycles. The van der Waals surface area contributed by atoms with Crippen molar-refractivity contribution in [1.82, 2.24) is 4.98 Å². The quantitative estimate of drug-likeness (QED) is 0.827. The van der Waals surface area contributed by atoms with Crippen molar-refractivity contribution in [1.29, 1.82) is 0 Å². The number of nitrogens with one attached hydrogen (secondary N) is 1. The van der Waals surface area contributed by atoms with Gasteiger partial charge in [-0.25, -0.2) is 0 Å². The third-order valence-electron chi connectivity index (χ3n) is 2.44. The average molecular weight is 217 g/mol. The molecule has 0 spiro atoms. The van der Waals surface area contributed by atoms with Crippen molar-refractivity contribution in [3.63, 3.8) is 0 Å². The highest BCUT2D eigenvalue weighted by Gasteiger charge is 2.08. The maximum Gasteiger partial charge on any atom is 0.145 e. The van der Waals surface area contributed by atoms with Gasteiger partial charge in [0.1, 0.15) is 11.3 Å². The van der Waals surface area contributed by atoms with E-state index >= 15 is 0 Å². The number of nitrogen functional groups attached to an aromatic ring is 1. The Morgan fingerprint density at radius 2 is 2.25 bits per heavy atom. The zero-order chi connectivity index (χ0) is 11.5. The van der Waals surface area contributed by atoms with Gasteiger partial charge in [-0.2, -0.15) is 0 Å². The van der Waals surface area contributed by atoms with Gasteiger partial charge in [-0.05, 0) is 13.0 Å². The first-order chi connectivity index (χ1) is 7.77. The molecule has 1 heterocycles. The lowest BCUT2D eigenvalue weighted by Gasteiger charge is -2.11. The van der Waals surface area contributed by atoms with Gasteiger partial charge < -0.3 is 15.8 Å². The predicted octanol–water partition coefficient (Wildman–Crippen LogP) is 2.26. The number of fused-ring (bicyclic) bond motifs is 1. The van der Waals surface area contributed by atoms with E-state index in [1.165, 1.54) is 0 Å². The maximum atomic E-state index is 5.86. The third-order valence-corrected chi connectivity index (χ3v) is 2.44. The summed E-state index contributed by atoms with van der Waals surface area (Å²) >= 11 is 0. The molecule has 0 aliphatic heterocycles. The summed E-state index contributed by atoms with van der Waals surface area (Å²) in [4.78, 5) is 4.32. The Labute approximate surface area is 94.4 Å². The number of hydrogen-bond acceptors (Lipinski definition) is 4. The van der Waals surface area contributed by atoms with Crippen LogP contribution >= 0.6 is 0 Å². The largest absolute Gasteiger partial charge is 0.492 e. The lowest BCUT2D eigenvalue weighted by molar-refractivity contribution is 0.343. The van der Waals surface area contributed by atoms with Crippen molar-refractivity contribution in [2.24, 2.45) is 0 Å². The number of benzene rings is 1. The monoisotopic (exact) mass is 217 g/mol. The molecule has 1 aromatic carbocycles. The second-order valence-corrected chi connectivity index (χ2v) is 3.42. The Hall–Kier alpha value is -1.97. The van der Waals surface area contributed by atoms with Crippen LogP contribution in [-0.2, 0) is 0 Å². The second-order valence-electron chi connectivity index (χ2n) is 3.42. The maximum absolute atomic E-state index is 5.86. The summed E-state index contributed by atoms with van der Waals surface area (Å²) in [5.41, 5.74) is 8.23. The van der Waals surface area contributed by atoms with Crippen LogP contribution in [0.1, 0.15) is 6.92 Å². The predicted molar refractivity (Wildman–Crippen MR) is 66.9 cm³/mol. The standard InChI is InChI=1S/C12H15N3O/c1-3-16-10-6-4-5-8-11(14-2)9(13)7-15-12(8)10/h4-7H,3,13H2,1-2H3,(H,14,15). The highest BCUT2D eigenvalue weighted by atomic mass is 16.5. The van der Waals surface area contributed by atoms with Gasteiger partial charge in [-0.15, -0.1) is 0 Å². The highest BCUT2D eigenvalue weighted by molar-refractivity contribution is 5.99. The van der Waals surface area contributed by atoms with Gasteiger partial charge in [0.25, 0.3) is 0 Å². The van der Waals surface area contributed by atoms with Crippen LogP contribution in [0.15, 0.2) is 24.4 Å². The fourth-order valence-corrected chi connectivity index (χ4v) is 1.76. The minimum atomic E-state index is 0.625. The second kappa shape index (κ2) is 4.26. The van der Waals surface area contributed by atoms with Gasteiger partial charge in [-0.3, -0.25) is 4.98 Å². The van der Waals surface area contributed by atoms with E-state index in [1.807, 2.05) is 32.2 Å². The Bertz CT molecular complexity index is 511. The summed E-state index contributed by atoms with van der Waals surface area (Å²) in [5, 5.41) is 4.07. The average Bonchev–Trinajstić information content (AvgIpc) is 2.29. The topological polar surface area (TPSA) is 60.2 Å². The SMILES string of the molecule is CCOc1cccc2c(NC)c(N)cnc12. The van der Waals surface area contributed by atoms with Crippen molar-refractivity contribution < 1.29 is 4.74 Å². The molecule has 84 valence electrons. The molecule has 2 rings (SSSR count). The molecule has 0 unspecified atom stereocenters. The molecule has 0 saturated carbocycles. The number of anilines is 2. The molecule has 0 aliphatic rings. The summed E-state index contributed by atoms with van der Waals surface area (Å²) in [7, 11) is 1.85. The van der Waals surface area contributed by atoms with E-state index < -0.39 is 0 Å². The molecule has 0 saturated heterocycles. The minimum Gasteiger partial charge on any atom is -0.492 e. The summed E-state index contributed by atoms with van der Waals surface area (Å²) in [6.45, 7) is 2.58. The van der Waals surface area contributed by atoms with Gasteiger partial charge >= 0.3 is 0 Å². The number of nitrogens with two attached hydrogens (primary N) is 1. The first-order valence-electron chi connectivity index (χ1n) is 5.25. The van der Waals surface area contributed by atoms with Crippen LogP contribution in [0, 0.1) is 0 Å². The molecule has 4 nitrogen and oxygen atoms in total. The van der Waals surface area contributed by atoms with E-state index in [0.717, 1.165) is 22.3 Å². The van der Waals surface area contributed by atoms with Gasteiger partial charge in [0.2, 0.25) is 0 Å². The van der Waals surface area contributed by atoms with Crippen LogP contribution in [-0.4, -0.2) is 18.6 Å². The van der Waals surface area contributed by atoms with E-state index in [9.17, 15) is 0 Å². The molecule has 4 heteroatoms. The molecule has 1 aromatic heterocycles. The normalized spacial score (nSPS) is 10.4. The molecule has 0 fully saturated rings. The highest BCUT2D eigenvalue weighted by Crippen LogP contribution is 2.32. The molecule has 3 N–H and O–H groups in total. The van der Waals surface area contributed by atoms with Gasteiger partial charge in [0.15, 0.2) is 0 Å². The molecular formula is C12H15N3O. The zero-order valence-electron chi connectivity index (χ0n) is 9.45. The number of rotatable bonds is 3. The Balaban J connectivity index is 2.71. The Kier molecular flexibility index (Phi) is 2.81. The number of pyridine rings is 1. The summed E-state index contributed by atoms with van der Waals surface area (Å²) in [6, 6.07) is 5.83. The fourth-order valence-electron chi connectivity index (χ4n) is 1.76. The molecule has 16 heavy (non-hydrogen) atoms. The van der Waals surface area contributed by atoms with E-state index in [1.54, 1.807) is 6.20 Å². The van der Waals surface area contributed by atoms with Crippen LogP contribution < -0.4 is 15.8 Å². The van der Waals surface area contributed by atoms with Crippen LogP contribution in [0.2, 0.25) is 0 Å². The third kappa shape index (κ3) is 1.62. The fraction of sp³-hybridized carbons (Fsp3) is 0.250. The number of ether oxygens (including phenoxy) is 1. The first-order valence-corrected chi connectivity index (χ1v) is 5.25.